The average molecular weight is 187 g/mol. The molecule has 1 atom stereocenters. The summed E-state index contributed by atoms with van der Waals surface area (Å²) in [6.45, 7) is 2.43. The molecule has 0 amide bonds. The molecule has 0 aliphatic heterocycles. The Morgan fingerprint density at radius 2 is 2.50 bits per heavy atom. The summed E-state index contributed by atoms with van der Waals surface area (Å²) >= 11 is 5.85. The fraction of sp³-hybridized carbons (Fsp3) is 0.375. The maximum Gasteiger partial charge on any atom is 0.132 e. The van der Waals surface area contributed by atoms with Crippen molar-refractivity contribution in [2.24, 2.45) is 5.90 Å². The van der Waals surface area contributed by atoms with E-state index in [2.05, 4.69) is 9.82 Å². The van der Waals surface area contributed by atoms with Crippen molar-refractivity contribution in [3.8, 4) is 0 Å². The normalized spacial score (nSPS) is 12.9. The first kappa shape index (κ1) is 9.45. The maximum atomic E-state index is 5.85. The third-order valence-electron chi connectivity index (χ3n) is 1.67. The molecule has 0 fully saturated rings. The third kappa shape index (κ3) is 2.17. The lowest BCUT2D eigenvalue weighted by atomic mass is 10.1. The van der Waals surface area contributed by atoms with E-state index in [-0.39, 0.29) is 5.92 Å². The number of halogens is 1. The molecule has 1 aromatic rings. The Balaban J connectivity index is 2.79. The summed E-state index contributed by atoms with van der Waals surface area (Å²) in [5, 5.41) is 0.516. The Bertz CT molecular complexity index is 255. The van der Waals surface area contributed by atoms with Crippen molar-refractivity contribution in [3.05, 3.63) is 29.0 Å². The minimum absolute atomic E-state index is 0.177. The summed E-state index contributed by atoms with van der Waals surface area (Å²) in [6.07, 6.45) is 1.65. The number of nitrogens with zero attached hydrogens (tertiary/aromatic N) is 1. The van der Waals surface area contributed by atoms with Gasteiger partial charge < -0.3 is 4.84 Å². The Morgan fingerprint density at radius 3 is 3.08 bits per heavy atom. The quantitative estimate of drug-likeness (QED) is 0.578. The number of nitrogens with two attached hydrogens (primary N) is 1. The smallest absolute Gasteiger partial charge is 0.132 e. The van der Waals surface area contributed by atoms with E-state index in [1.54, 1.807) is 6.20 Å². The lowest BCUT2D eigenvalue weighted by Crippen LogP contribution is -2.09. The topological polar surface area (TPSA) is 48.1 Å². The zero-order valence-electron chi connectivity index (χ0n) is 6.83. The van der Waals surface area contributed by atoms with E-state index in [9.17, 15) is 0 Å². The lowest BCUT2D eigenvalue weighted by molar-refractivity contribution is 0.126. The number of aromatic nitrogens is 1. The highest BCUT2D eigenvalue weighted by atomic mass is 35.5. The highest BCUT2D eigenvalue weighted by Crippen LogP contribution is 2.21. The molecular weight excluding hydrogens is 176 g/mol. The van der Waals surface area contributed by atoms with Crippen molar-refractivity contribution in [2.75, 3.05) is 6.61 Å². The van der Waals surface area contributed by atoms with E-state index in [4.69, 9.17) is 17.5 Å². The van der Waals surface area contributed by atoms with Gasteiger partial charge in [-0.2, -0.15) is 0 Å². The van der Waals surface area contributed by atoms with Crippen molar-refractivity contribution in [3.63, 3.8) is 0 Å². The second kappa shape index (κ2) is 4.40. The van der Waals surface area contributed by atoms with E-state index < -0.39 is 0 Å². The third-order valence-corrected chi connectivity index (χ3v) is 1.98. The molecule has 0 aromatic carbocycles. The van der Waals surface area contributed by atoms with Gasteiger partial charge in [0, 0.05) is 12.1 Å². The Morgan fingerprint density at radius 1 is 1.75 bits per heavy atom. The lowest BCUT2D eigenvalue weighted by Gasteiger charge is -2.10. The van der Waals surface area contributed by atoms with Crippen LogP contribution in [0.4, 0.5) is 0 Å². The van der Waals surface area contributed by atoms with Gasteiger partial charge in [0.2, 0.25) is 0 Å². The minimum atomic E-state index is 0.177. The number of pyridine rings is 1. The van der Waals surface area contributed by atoms with E-state index >= 15 is 0 Å². The molecule has 12 heavy (non-hydrogen) atoms. The molecule has 0 radical (unpaired) electrons. The Hall–Kier alpha value is -0.640. The summed E-state index contributed by atoms with van der Waals surface area (Å²) in [6, 6.07) is 3.76. The zero-order chi connectivity index (χ0) is 8.97. The summed E-state index contributed by atoms with van der Waals surface area (Å²) in [5.41, 5.74) is 0.963. The predicted octanol–water partition coefficient (Wildman–Crippen LogP) is 1.73. The first-order valence-electron chi connectivity index (χ1n) is 3.67. The van der Waals surface area contributed by atoms with Crippen LogP contribution in [0.2, 0.25) is 5.15 Å². The molecule has 2 N–H and O–H groups in total. The van der Waals surface area contributed by atoms with Crippen LogP contribution in [0.3, 0.4) is 0 Å². The van der Waals surface area contributed by atoms with Crippen molar-refractivity contribution in [1.29, 1.82) is 0 Å². The highest BCUT2D eigenvalue weighted by Gasteiger charge is 2.09. The first-order chi connectivity index (χ1) is 5.75. The largest absolute Gasteiger partial charge is 0.304 e. The molecule has 3 nitrogen and oxygen atoms in total. The molecule has 4 heteroatoms. The predicted molar refractivity (Wildman–Crippen MR) is 47.8 cm³/mol. The minimum Gasteiger partial charge on any atom is -0.304 e. The molecule has 1 rings (SSSR count). The molecular formula is C8H11ClN2O. The van der Waals surface area contributed by atoms with Gasteiger partial charge in [-0.3, -0.25) is 0 Å². The van der Waals surface area contributed by atoms with Crippen LogP contribution in [-0.2, 0) is 4.84 Å². The van der Waals surface area contributed by atoms with Crippen LogP contribution in [0.15, 0.2) is 18.3 Å². The molecule has 66 valence electrons. The maximum absolute atomic E-state index is 5.85. The summed E-state index contributed by atoms with van der Waals surface area (Å²) < 4.78 is 0. The van der Waals surface area contributed by atoms with E-state index in [1.807, 2.05) is 19.1 Å². The molecule has 0 bridgehead atoms. The van der Waals surface area contributed by atoms with E-state index in [0.29, 0.717) is 11.8 Å². The van der Waals surface area contributed by atoms with Gasteiger partial charge in [0.05, 0.1) is 6.61 Å². The SMILES string of the molecule is CC(CON)c1cccnc1Cl. The summed E-state index contributed by atoms with van der Waals surface area (Å²) in [5.74, 6) is 5.13. The van der Waals surface area contributed by atoms with Gasteiger partial charge >= 0.3 is 0 Å². The van der Waals surface area contributed by atoms with Gasteiger partial charge in [0.15, 0.2) is 0 Å². The van der Waals surface area contributed by atoms with Crippen LogP contribution < -0.4 is 5.90 Å². The van der Waals surface area contributed by atoms with Crippen molar-refractivity contribution >= 4 is 11.6 Å². The van der Waals surface area contributed by atoms with E-state index in [1.165, 1.54) is 0 Å². The number of hydrogen-bond donors (Lipinski definition) is 1. The molecule has 1 unspecified atom stereocenters. The van der Waals surface area contributed by atoms with Gasteiger partial charge in [-0.25, -0.2) is 10.9 Å². The second-order valence-corrected chi connectivity index (χ2v) is 2.98. The van der Waals surface area contributed by atoms with Crippen LogP contribution >= 0.6 is 11.6 Å². The molecule has 1 heterocycles. The van der Waals surface area contributed by atoms with Crippen LogP contribution in [0.25, 0.3) is 0 Å². The average Bonchev–Trinajstić information content (AvgIpc) is 2.05. The Kier molecular flexibility index (Phi) is 3.47. The number of rotatable bonds is 3. The Labute approximate surface area is 76.5 Å². The monoisotopic (exact) mass is 186 g/mol. The van der Waals surface area contributed by atoms with Crippen molar-refractivity contribution in [2.45, 2.75) is 12.8 Å². The molecule has 1 aromatic heterocycles. The van der Waals surface area contributed by atoms with Crippen LogP contribution in [0.1, 0.15) is 18.4 Å². The molecule has 0 saturated heterocycles. The molecule has 0 spiro atoms. The summed E-state index contributed by atoms with van der Waals surface area (Å²) in [7, 11) is 0. The first-order valence-corrected chi connectivity index (χ1v) is 4.05. The zero-order valence-corrected chi connectivity index (χ0v) is 7.58. The fourth-order valence-corrected chi connectivity index (χ4v) is 1.31. The van der Waals surface area contributed by atoms with Crippen molar-refractivity contribution in [1.82, 2.24) is 4.98 Å². The number of hydrogen-bond acceptors (Lipinski definition) is 3. The molecule has 0 aliphatic carbocycles. The standard InChI is InChI=1S/C8H11ClN2O/c1-6(5-12-10)7-3-2-4-11-8(7)9/h2-4,6H,5,10H2,1H3. The van der Waals surface area contributed by atoms with Crippen LogP contribution in [0.5, 0.6) is 0 Å². The molecule has 0 saturated carbocycles. The summed E-state index contributed by atoms with van der Waals surface area (Å²) in [4.78, 5) is 8.48. The van der Waals surface area contributed by atoms with Gasteiger partial charge in [-0.15, -0.1) is 0 Å². The van der Waals surface area contributed by atoms with Gasteiger partial charge in [0.25, 0.3) is 0 Å². The fourth-order valence-electron chi connectivity index (χ4n) is 1.00. The van der Waals surface area contributed by atoms with Gasteiger partial charge in [-0.1, -0.05) is 24.6 Å². The van der Waals surface area contributed by atoms with Crippen molar-refractivity contribution < 1.29 is 4.84 Å². The van der Waals surface area contributed by atoms with Gasteiger partial charge in [-0.05, 0) is 11.6 Å². The van der Waals surface area contributed by atoms with E-state index in [0.717, 1.165) is 5.56 Å². The highest BCUT2D eigenvalue weighted by molar-refractivity contribution is 6.30. The second-order valence-electron chi connectivity index (χ2n) is 2.62. The van der Waals surface area contributed by atoms with Gasteiger partial charge in [0.1, 0.15) is 5.15 Å². The van der Waals surface area contributed by atoms with Crippen LogP contribution in [-0.4, -0.2) is 11.6 Å². The van der Waals surface area contributed by atoms with Crippen LogP contribution in [0, 0.1) is 0 Å². The molecule has 0 aliphatic rings.